The molecule has 1 aromatic carbocycles. The average molecular weight is 345 g/mol. The molecule has 0 aliphatic carbocycles. The molecule has 25 heavy (non-hydrogen) atoms. The van der Waals surface area contributed by atoms with Gasteiger partial charge in [0.05, 0.1) is 26.2 Å². The van der Waals surface area contributed by atoms with Crippen LogP contribution in [0.15, 0.2) is 24.3 Å². The third kappa shape index (κ3) is 4.53. The molecule has 0 aromatic heterocycles. The molecule has 0 amide bonds. The lowest BCUT2D eigenvalue weighted by Crippen LogP contribution is -2.44. The summed E-state index contributed by atoms with van der Waals surface area (Å²) in [6.45, 7) is 5.36. The minimum absolute atomic E-state index is 0.344. The molecule has 0 saturated carbocycles. The Morgan fingerprint density at radius 2 is 2.00 bits per heavy atom. The fraction of sp³-hybridized carbons (Fsp3) is 0.500. The van der Waals surface area contributed by atoms with Gasteiger partial charge in [0.1, 0.15) is 12.3 Å². The predicted octanol–water partition coefficient (Wildman–Crippen LogP) is 0.903. The van der Waals surface area contributed by atoms with E-state index in [0.29, 0.717) is 12.4 Å². The van der Waals surface area contributed by atoms with Crippen LogP contribution in [0.2, 0.25) is 0 Å². The van der Waals surface area contributed by atoms with E-state index in [2.05, 4.69) is 15.1 Å². The summed E-state index contributed by atoms with van der Waals surface area (Å²) < 4.78 is 15.7. The van der Waals surface area contributed by atoms with E-state index in [-0.39, 0.29) is 5.97 Å². The molecule has 2 heterocycles. The van der Waals surface area contributed by atoms with E-state index in [0.717, 1.165) is 56.6 Å². The Morgan fingerprint density at radius 1 is 1.24 bits per heavy atom. The molecule has 2 aliphatic rings. The van der Waals surface area contributed by atoms with Crippen molar-refractivity contribution in [2.24, 2.45) is 0 Å². The van der Waals surface area contributed by atoms with Crippen molar-refractivity contribution in [1.82, 2.24) is 14.5 Å². The summed E-state index contributed by atoms with van der Waals surface area (Å²) in [5.74, 6) is 1.82. The molecule has 2 aliphatic heterocycles. The van der Waals surface area contributed by atoms with E-state index in [1.807, 2.05) is 25.2 Å². The van der Waals surface area contributed by atoms with Crippen molar-refractivity contribution in [2.75, 3.05) is 45.2 Å². The topological polar surface area (TPSA) is 68.1 Å². The van der Waals surface area contributed by atoms with Gasteiger partial charge in [-0.25, -0.2) is 9.98 Å². The fourth-order valence-corrected chi connectivity index (χ4v) is 2.88. The van der Waals surface area contributed by atoms with Gasteiger partial charge in [0.25, 0.3) is 5.84 Å². The van der Waals surface area contributed by atoms with Gasteiger partial charge in [-0.2, -0.15) is 0 Å². The maximum Gasteiger partial charge on any atom is 0.402 e. The summed E-state index contributed by atoms with van der Waals surface area (Å²) in [4.78, 5) is 15.7. The summed E-state index contributed by atoms with van der Waals surface area (Å²) >= 11 is 0. The largest absolute Gasteiger partial charge is 0.423 e. The third-order valence-electron chi connectivity index (χ3n) is 4.27. The van der Waals surface area contributed by atoms with Gasteiger partial charge in [-0.05, 0) is 25.0 Å². The molecule has 0 unspecified atom stereocenters. The lowest BCUT2D eigenvalue weighted by molar-refractivity contribution is -0.131. The highest BCUT2D eigenvalue weighted by Gasteiger charge is 2.26. The fourth-order valence-electron chi connectivity index (χ4n) is 2.88. The lowest BCUT2D eigenvalue weighted by atomic mass is 10.3. The molecule has 134 valence electrons. The normalized spacial score (nSPS) is 17.3. The van der Waals surface area contributed by atoms with Crippen LogP contribution >= 0.6 is 0 Å². The molecule has 7 heteroatoms. The van der Waals surface area contributed by atoms with Gasteiger partial charge < -0.3 is 9.47 Å². The van der Waals surface area contributed by atoms with E-state index in [1.165, 1.54) is 6.92 Å². The number of para-hydroxylation sites is 2. The summed E-state index contributed by atoms with van der Waals surface area (Å²) in [5, 5.41) is 3.36. The Kier molecular flexibility index (Phi) is 5.58. The number of esters is 1. The Bertz CT molecular complexity index is 691. The third-order valence-corrected chi connectivity index (χ3v) is 4.27. The predicted molar refractivity (Wildman–Crippen MR) is 97.8 cm³/mol. The SMILES string of the molecule is CC(=O)Oc1ccccc1NC(=[N+]=C1COCCN1C)N1CCCC1. The van der Waals surface area contributed by atoms with E-state index in [9.17, 15) is 4.79 Å². The number of carbonyl (C=O) groups is 1. The molecule has 2 fully saturated rings. The zero-order valence-corrected chi connectivity index (χ0v) is 14.8. The lowest BCUT2D eigenvalue weighted by Gasteiger charge is -2.21. The Labute approximate surface area is 147 Å². The zero-order valence-electron chi connectivity index (χ0n) is 14.8. The van der Waals surface area contributed by atoms with Crippen LogP contribution in [0.5, 0.6) is 5.75 Å². The molecule has 0 radical (unpaired) electrons. The molecule has 0 bridgehead atoms. The number of guanidine groups is 1. The number of likely N-dealkylation sites (tertiary alicyclic amines) is 1. The quantitative estimate of drug-likeness (QED) is 0.282. The number of morpholine rings is 1. The van der Waals surface area contributed by atoms with E-state index >= 15 is 0 Å². The highest BCUT2D eigenvalue weighted by Crippen LogP contribution is 2.24. The van der Waals surface area contributed by atoms with Gasteiger partial charge in [0.2, 0.25) is 0 Å². The highest BCUT2D eigenvalue weighted by molar-refractivity contribution is 5.99. The van der Waals surface area contributed by atoms with Crippen molar-refractivity contribution in [3.8, 4) is 5.75 Å². The first kappa shape index (κ1) is 17.3. The molecule has 3 rings (SSSR count). The van der Waals surface area contributed by atoms with Crippen LogP contribution in [0.3, 0.4) is 0 Å². The summed E-state index contributed by atoms with van der Waals surface area (Å²) in [7, 11) is 2.02. The molecule has 0 atom stereocenters. The van der Waals surface area contributed by atoms with Crippen LogP contribution in [0.4, 0.5) is 5.69 Å². The smallest absolute Gasteiger partial charge is 0.402 e. The van der Waals surface area contributed by atoms with Crippen molar-refractivity contribution >= 4 is 23.5 Å². The molecular formula is C18H25N4O3+. The first-order valence-corrected chi connectivity index (χ1v) is 8.66. The zero-order chi connectivity index (χ0) is 17.6. The van der Waals surface area contributed by atoms with Crippen molar-refractivity contribution in [3.63, 3.8) is 0 Å². The van der Waals surface area contributed by atoms with E-state index < -0.39 is 0 Å². The standard InChI is InChI=1S/C18H24N4O3/c1-14(23)25-16-8-4-3-7-15(16)19-18(22-9-5-6-10-22)20-17-13-24-12-11-21(17)2/h3-4,7-8H,5-6,9-13H2,1-2H3/p+1. The molecule has 1 N–H and O–H groups in total. The number of ether oxygens (including phenoxy) is 2. The minimum Gasteiger partial charge on any atom is -0.423 e. The second-order valence-electron chi connectivity index (χ2n) is 6.23. The van der Waals surface area contributed by atoms with Gasteiger partial charge in [0.15, 0.2) is 5.75 Å². The van der Waals surface area contributed by atoms with Crippen LogP contribution in [-0.2, 0) is 9.53 Å². The number of hydrogen-bond donors (Lipinski definition) is 1. The summed E-state index contributed by atoms with van der Waals surface area (Å²) in [5.41, 5.74) is 0.725. The van der Waals surface area contributed by atoms with Crippen LogP contribution in [0.1, 0.15) is 19.8 Å². The maximum absolute atomic E-state index is 11.3. The van der Waals surface area contributed by atoms with Crippen LogP contribution in [-0.4, -0.2) is 67.5 Å². The van der Waals surface area contributed by atoms with Crippen molar-refractivity contribution in [1.29, 1.82) is 0 Å². The maximum atomic E-state index is 11.3. The van der Waals surface area contributed by atoms with E-state index in [4.69, 9.17) is 14.1 Å². The Balaban J connectivity index is 1.94. The first-order valence-electron chi connectivity index (χ1n) is 8.66. The average Bonchev–Trinajstić information content (AvgIpc) is 3.12. The summed E-state index contributed by atoms with van der Waals surface area (Å²) in [6, 6.07) is 7.40. The van der Waals surface area contributed by atoms with Crippen LogP contribution < -0.4 is 14.7 Å². The van der Waals surface area contributed by atoms with Crippen molar-refractivity contribution < 1.29 is 14.3 Å². The number of likely N-dealkylation sites (N-methyl/N-ethyl adjacent to an activating group) is 1. The molecule has 0 spiro atoms. The molecule has 1 aromatic rings. The highest BCUT2D eigenvalue weighted by atomic mass is 16.5. The van der Waals surface area contributed by atoms with Crippen LogP contribution in [0, 0.1) is 0 Å². The van der Waals surface area contributed by atoms with Crippen LogP contribution in [0.25, 0.3) is 0 Å². The van der Waals surface area contributed by atoms with E-state index in [1.54, 1.807) is 6.07 Å². The minimum atomic E-state index is -0.344. The Morgan fingerprint density at radius 3 is 2.72 bits per heavy atom. The number of hydrogen-bond acceptors (Lipinski definition) is 3. The Hall–Kier alpha value is -2.50. The van der Waals surface area contributed by atoms with Gasteiger partial charge >= 0.3 is 11.9 Å². The van der Waals surface area contributed by atoms with Crippen molar-refractivity contribution in [2.45, 2.75) is 19.8 Å². The van der Waals surface area contributed by atoms with Gasteiger partial charge in [-0.15, -0.1) is 0 Å². The molecule has 7 nitrogen and oxygen atoms in total. The van der Waals surface area contributed by atoms with Gasteiger partial charge in [-0.3, -0.25) is 14.6 Å². The molecular weight excluding hydrogens is 320 g/mol. The molecule has 2 saturated heterocycles. The number of benzene rings is 1. The second-order valence-corrected chi connectivity index (χ2v) is 6.23. The second kappa shape index (κ2) is 8.05. The van der Waals surface area contributed by atoms with Gasteiger partial charge in [-0.1, -0.05) is 12.1 Å². The number of rotatable bonds is 2. The number of nitrogens with one attached hydrogen (secondary N) is 1. The van der Waals surface area contributed by atoms with Crippen molar-refractivity contribution in [3.05, 3.63) is 24.3 Å². The number of anilines is 1. The summed E-state index contributed by atoms with van der Waals surface area (Å²) in [6.07, 6.45) is 2.29. The van der Waals surface area contributed by atoms with Gasteiger partial charge in [0, 0.05) is 14.0 Å². The number of carbonyl (C=O) groups excluding carboxylic acids is 1. The monoisotopic (exact) mass is 345 g/mol. The first-order chi connectivity index (χ1) is 12.1. The number of amidine groups is 1. The number of nitrogens with zero attached hydrogens (tertiary/aromatic N) is 3.